The van der Waals surface area contributed by atoms with Crippen molar-refractivity contribution in [2.45, 2.75) is 90.1 Å². The number of hydrogen-bond acceptors (Lipinski definition) is 0. The standard InChI is InChI=1S/C42H46Si/c1-5-7-11-31-17-21-33(22-18-31)35-13-9-15-37-39(35)25-29(3)41(37)27-43-28-42-30(4)26-40-36(14-10-16-38(40)42)34-23-19-32(20-24-34)12-8-6-2/h9-10,13-26,41-42H,5-8,11-12,27-28H2,1-4H3. The number of allylic oxidation sites excluding steroid dienone is 2. The lowest BCUT2D eigenvalue weighted by molar-refractivity contribution is 0.795. The third-order valence-corrected chi connectivity index (χ3v) is 11.1. The second-order valence-corrected chi connectivity index (χ2v) is 14.1. The van der Waals surface area contributed by atoms with Gasteiger partial charge in [-0.25, -0.2) is 0 Å². The molecule has 0 saturated carbocycles. The summed E-state index contributed by atoms with van der Waals surface area (Å²) in [6, 6.07) is 35.1. The normalized spacial score (nSPS) is 17.0. The maximum Gasteiger partial charge on any atom is 0.0397 e. The van der Waals surface area contributed by atoms with Gasteiger partial charge in [-0.15, -0.1) is 0 Å². The molecule has 0 aliphatic heterocycles. The Hall–Kier alpha value is -3.42. The van der Waals surface area contributed by atoms with Crippen molar-refractivity contribution in [3.63, 3.8) is 0 Å². The zero-order chi connectivity index (χ0) is 29.8. The number of aryl methyl sites for hydroxylation is 2. The van der Waals surface area contributed by atoms with Crippen LogP contribution in [-0.2, 0) is 12.8 Å². The molecule has 1 heteroatoms. The Balaban J connectivity index is 1.14. The quantitative estimate of drug-likeness (QED) is 0.147. The first-order valence-electron chi connectivity index (χ1n) is 16.6. The summed E-state index contributed by atoms with van der Waals surface area (Å²) in [7, 11) is 0.937. The van der Waals surface area contributed by atoms with Crippen LogP contribution in [0.25, 0.3) is 34.4 Å². The Labute approximate surface area is 262 Å². The average Bonchev–Trinajstić information content (AvgIpc) is 3.54. The predicted octanol–water partition coefficient (Wildman–Crippen LogP) is 11.9. The van der Waals surface area contributed by atoms with Gasteiger partial charge in [0.1, 0.15) is 0 Å². The second-order valence-electron chi connectivity index (χ2n) is 12.8. The molecule has 0 saturated heterocycles. The van der Waals surface area contributed by atoms with Gasteiger partial charge >= 0.3 is 0 Å². The Morgan fingerprint density at radius 1 is 0.535 bits per heavy atom. The van der Waals surface area contributed by atoms with Crippen molar-refractivity contribution in [1.82, 2.24) is 0 Å². The first-order valence-corrected chi connectivity index (χ1v) is 18.0. The molecule has 2 unspecified atom stereocenters. The van der Waals surface area contributed by atoms with Crippen LogP contribution in [0.4, 0.5) is 0 Å². The smallest absolute Gasteiger partial charge is 0.0397 e. The number of unbranched alkanes of at least 4 members (excludes halogenated alkanes) is 2. The van der Waals surface area contributed by atoms with Gasteiger partial charge in [-0.05, 0) is 95.2 Å². The summed E-state index contributed by atoms with van der Waals surface area (Å²) >= 11 is 0. The molecule has 43 heavy (non-hydrogen) atoms. The molecule has 2 aliphatic carbocycles. The SMILES string of the molecule is CCCCc1ccc(-c2cccc3c2C=C(C)C3C[Si]CC2C(C)=Cc3c(-c4ccc(CCCC)cc4)cccc32)cc1. The van der Waals surface area contributed by atoms with E-state index in [0.29, 0.717) is 11.8 Å². The molecule has 0 nitrogen and oxygen atoms in total. The van der Waals surface area contributed by atoms with Crippen molar-refractivity contribution in [1.29, 1.82) is 0 Å². The van der Waals surface area contributed by atoms with Crippen LogP contribution in [0.15, 0.2) is 96.1 Å². The highest BCUT2D eigenvalue weighted by Gasteiger charge is 2.28. The van der Waals surface area contributed by atoms with E-state index in [1.165, 1.54) is 117 Å². The third-order valence-electron chi connectivity index (χ3n) is 9.74. The van der Waals surface area contributed by atoms with E-state index in [9.17, 15) is 0 Å². The molecular formula is C42H46Si. The fraction of sp³-hybridized carbons (Fsp3) is 0.333. The third kappa shape index (κ3) is 6.29. The van der Waals surface area contributed by atoms with Gasteiger partial charge in [0, 0.05) is 21.4 Å². The Morgan fingerprint density at radius 2 is 0.953 bits per heavy atom. The minimum absolute atomic E-state index is 0.542. The number of hydrogen-bond donors (Lipinski definition) is 0. The molecule has 4 aromatic rings. The van der Waals surface area contributed by atoms with E-state index >= 15 is 0 Å². The van der Waals surface area contributed by atoms with Crippen molar-refractivity contribution in [2.24, 2.45) is 0 Å². The van der Waals surface area contributed by atoms with Crippen molar-refractivity contribution >= 4 is 21.7 Å². The number of fused-ring (bicyclic) bond motifs is 2. The van der Waals surface area contributed by atoms with E-state index in [-0.39, 0.29) is 0 Å². The predicted molar refractivity (Wildman–Crippen MR) is 189 cm³/mol. The van der Waals surface area contributed by atoms with Crippen molar-refractivity contribution in [2.75, 3.05) is 0 Å². The minimum atomic E-state index is 0.542. The molecule has 2 atom stereocenters. The maximum absolute atomic E-state index is 2.47. The van der Waals surface area contributed by atoms with E-state index in [4.69, 9.17) is 0 Å². The first kappa shape index (κ1) is 29.6. The molecule has 0 bridgehead atoms. The molecule has 4 aromatic carbocycles. The lowest BCUT2D eigenvalue weighted by Gasteiger charge is -2.19. The zero-order valence-electron chi connectivity index (χ0n) is 26.5. The van der Waals surface area contributed by atoms with Gasteiger partial charge in [0.05, 0.1) is 0 Å². The van der Waals surface area contributed by atoms with Gasteiger partial charge in [-0.1, -0.05) is 147 Å². The van der Waals surface area contributed by atoms with E-state index in [2.05, 4.69) is 125 Å². The fourth-order valence-corrected chi connectivity index (χ4v) is 8.95. The van der Waals surface area contributed by atoms with Crippen LogP contribution in [0.2, 0.25) is 12.1 Å². The lowest BCUT2D eigenvalue weighted by Crippen LogP contribution is -2.06. The molecule has 218 valence electrons. The van der Waals surface area contributed by atoms with Gasteiger partial charge < -0.3 is 0 Å². The van der Waals surface area contributed by atoms with Crippen LogP contribution in [0.1, 0.15) is 98.6 Å². The van der Waals surface area contributed by atoms with Crippen molar-refractivity contribution in [3.05, 3.63) is 129 Å². The van der Waals surface area contributed by atoms with Gasteiger partial charge in [-0.2, -0.15) is 0 Å². The Kier molecular flexibility index (Phi) is 9.29. The lowest BCUT2D eigenvalue weighted by atomic mass is 9.92. The van der Waals surface area contributed by atoms with E-state index in [0.717, 1.165) is 9.52 Å². The summed E-state index contributed by atoms with van der Waals surface area (Å²) in [5.74, 6) is 1.08. The fourth-order valence-electron chi connectivity index (χ4n) is 7.12. The van der Waals surface area contributed by atoms with E-state index in [1.807, 2.05) is 0 Å². The summed E-state index contributed by atoms with van der Waals surface area (Å²) in [5, 5.41) is 0. The van der Waals surface area contributed by atoms with Crippen LogP contribution < -0.4 is 0 Å². The summed E-state index contributed by atoms with van der Waals surface area (Å²) in [4.78, 5) is 0. The summed E-state index contributed by atoms with van der Waals surface area (Å²) in [6.45, 7) is 9.23. The topological polar surface area (TPSA) is 0 Å². The zero-order valence-corrected chi connectivity index (χ0v) is 27.5. The Bertz CT molecular complexity index is 1490. The minimum Gasteiger partial charge on any atom is -0.0655 e. The highest BCUT2D eigenvalue weighted by atomic mass is 28.2. The molecule has 0 fully saturated rings. The van der Waals surface area contributed by atoms with Crippen molar-refractivity contribution < 1.29 is 0 Å². The summed E-state index contributed by atoms with van der Waals surface area (Å²) < 4.78 is 0. The van der Waals surface area contributed by atoms with E-state index < -0.39 is 0 Å². The van der Waals surface area contributed by atoms with Crippen LogP contribution >= 0.6 is 0 Å². The van der Waals surface area contributed by atoms with Crippen molar-refractivity contribution in [3.8, 4) is 22.3 Å². The molecule has 0 spiro atoms. The number of rotatable bonds is 12. The summed E-state index contributed by atoms with van der Waals surface area (Å²) in [5.41, 5.74) is 17.4. The van der Waals surface area contributed by atoms with Gasteiger partial charge in [0.2, 0.25) is 0 Å². The average molecular weight is 579 g/mol. The molecular weight excluding hydrogens is 533 g/mol. The molecule has 6 rings (SSSR count). The Morgan fingerprint density at radius 3 is 1.35 bits per heavy atom. The molecule has 2 radical (unpaired) electrons. The van der Waals surface area contributed by atoms with E-state index in [1.54, 1.807) is 0 Å². The van der Waals surface area contributed by atoms with Gasteiger partial charge in [0.25, 0.3) is 0 Å². The summed E-state index contributed by atoms with van der Waals surface area (Å²) in [6.07, 6.45) is 12.3. The molecule has 2 aliphatic rings. The largest absolute Gasteiger partial charge is 0.0655 e. The molecule has 0 N–H and O–H groups in total. The van der Waals surface area contributed by atoms with Crippen LogP contribution in [-0.4, -0.2) is 9.52 Å². The van der Waals surface area contributed by atoms with Crippen LogP contribution in [0.5, 0.6) is 0 Å². The van der Waals surface area contributed by atoms with Gasteiger partial charge in [0.15, 0.2) is 0 Å². The highest BCUT2D eigenvalue weighted by molar-refractivity contribution is 6.36. The van der Waals surface area contributed by atoms with Crippen LogP contribution in [0.3, 0.4) is 0 Å². The highest BCUT2D eigenvalue weighted by Crippen LogP contribution is 2.46. The second kappa shape index (κ2) is 13.5. The monoisotopic (exact) mass is 578 g/mol. The van der Waals surface area contributed by atoms with Crippen LogP contribution in [0, 0.1) is 0 Å². The van der Waals surface area contributed by atoms with Gasteiger partial charge in [-0.3, -0.25) is 0 Å². The maximum atomic E-state index is 2.47. The molecule has 0 amide bonds. The molecule has 0 aromatic heterocycles. The molecule has 0 heterocycles. The first-order chi connectivity index (χ1) is 21.1. The number of benzene rings is 4.